The highest BCUT2D eigenvalue weighted by atomic mass is 35.5. The number of aryl methyl sites for hydroxylation is 2. The molecule has 2 aromatic carbocycles. The van der Waals surface area contributed by atoms with Gasteiger partial charge < -0.3 is 14.6 Å². The molecular weight excluding hydrogens is 411 g/mol. The molecule has 0 atom stereocenters. The molecule has 0 bridgehead atoms. The normalized spacial score (nSPS) is 10.9. The molecule has 0 unspecified atom stereocenters. The molecule has 0 aliphatic heterocycles. The molecule has 4 aromatic rings. The molecule has 0 aliphatic carbocycles. The van der Waals surface area contributed by atoms with Crippen molar-refractivity contribution in [2.24, 2.45) is 0 Å². The van der Waals surface area contributed by atoms with E-state index in [4.69, 9.17) is 20.9 Å². The second kappa shape index (κ2) is 8.08. The fraction of sp³-hybridized carbons (Fsp3) is 0.143. The highest BCUT2D eigenvalue weighted by molar-refractivity contribution is 6.33. The molecule has 0 spiro atoms. The predicted molar refractivity (Wildman–Crippen MR) is 110 cm³/mol. The first-order valence-corrected chi connectivity index (χ1v) is 9.37. The molecule has 2 aromatic heterocycles. The van der Waals surface area contributed by atoms with Crippen molar-refractivity contribution in [2.45, 2.75) is 13.8 Å². The average molecular weight is 427 g/mol. The molecule has 0 aliphatic rings. The van der Waals surface area contributed by atoms with E-state index in [1.54, 1.807) is 31.2 Å². The summed E-state index contributed by atoms with van der Waals surface area (Å²) >= 11 is 6.15. The van der Waals surface area contributed by atoms with Crippen LogP contribution in [0.15, 0.2) is 47.0 Å². The molecule has 0 saturated heterocycles. The topological polar surface area (TPSA) is 90.1 Å². The van der Waals surface area contributed by atoms with Crippen molar-refractivity contribution in [1.29, 1.82) is 0 Å². The number of halogens is 2. The Morgan fingerprint density at radius 3 is 2.67 bits per heavy atom. The average Bonchev–Trinajstić information content (AvgIpc) is 3.12. The van der Waals surface area contributed by atoms with Gasteiger partial charge in [0.25, 0.3) is 11.6 Å². The predicted octanol–water partition coefficient (Wildman–Crippen LogP) is 4.71. The minimum atomic E-state index is -0.412. The van der Waals surface area contributed by atoms with E-state index >= 15 is 0 Å². The Balaban J connectivity index is 1.59. The standard InChI is InChI=1S/C21H16ClFN4O3/c1-11-3-8-16(15(22)9-11)26-17(28)10-29-20-18-19(13-4-6-14(23)7-5-13)27-30-21(18)25-12(2)24-20/h3-9H,10H2,1-2H3,(H,26,28). The van der Waals surface area contributed by atoms with Gasteiger partial charge in [0.05, 0.1) is 10.7 Å². The quantitative estimate of drug-likeness (QED) is 0.497. The number of aromatic nitrogens is 3. The number of hydrogen-bond donors (Lipinski definition) is 1. The summed E-state index contributed by atoms with van der Waals surface area (Å²) in [5.41, 5.74) is 2.66. The first-order valence-electron chi connectivity index (χ1n) is 8.99. The Labute approximate surface area is 175 Å². The van der Waals surface area contributed by atoms with E-state index < -0.39 is 5.91 Å². The van der Waals surface area contributed by atoms with Gasteiger partial charge in [-0.2, -0.15) is 9.97 Å². The summed E-state index contributed by atoms with van der Waals surface area (Å²) in [5, 5.41) is 7.54. The lowest BCUT2D eigenvalue weighted by Crippen LogP contribution is -2.21. The minimum absolute atomic E-state index is 0.142. The smallest absolute Gasteiger partial charge is 0.265 e. The van der Waals surface area contributed by atoms with Crippen molar-refractivity contribution in [3.8, 4) is 17.1 Å². The number of nitrogens with one attached hydrogen (secondary N) is 1. The monoisotopic (exact) mass is 426 g/mol. The third kappa shape index (κ3) is 4.08. The first-order chi connectivity index (χ1) is 14.4. The number of carbonyl (C=O) groups excluding carboxylic acids is 1. The first kappa shape index (κ1) is 19.8. The van der Waals surface area contributed by atoms with Crippen molar-refractivity contribution in [3.05, 3.63) is 64.7 Å². The fourth-order valence-electron chi connectivity index (χ4n) is 2.88. The number of carbonyl (C=O) groups is 1. The van der Waals surface area contributed by atoms with Crippen LogP contribution in [0.4, 0.5) is 10.1 Å². The van der Waals surface area contributed by atoms with Gasteiger partial charge in [0.15, 0.2) is 6.61 Å². The van der Waals surface area contributed by atoms with Gasteiger partial charge in [-0.25, -0.2) is 4.39 Å². The van der Waals surface area contributed by atoms with Gasteiger partial charge in [-0.05, 0) is 55.8 Å². The van der Waals surface area contributed by atoms with Gasteiger partial charge >= 0.3 is 0 Å². The number of nitrogens with zero attached hydrogens (tertiary/aromatic N) is 3. The number of hydrogen-bond acceptors (Lipinski definition) is 6. The van der Waals surface area contributed by atoms with E-state index in [0.717, 1.165) is 5.56 Å². The van der Waals surface area contributed by atoms with Crippen molar-refractivity contribution < 1.29 is 18.4 Å². The van der Waals surface area contributed by atoms with E-state index in [9.17, 15) is 9.18 Å². The van der Waals surface area contributed by atoms with E-state index in [1.807, 2.05) is 13.0 Å². The Morgan fingerprint density at radius 2 is 1.93 bits per heavy atom. The second-order valence-corrected chi connectivity index (χ2v) is 7.02. The van der Waals surface area contributed by atoms with Crippen LogP contribution in [0.5, 0.6) is 5.88 Å². The summed E-state index contributed by atoms with van der Waals surface area (Å²) < 4.78 is 24.2. The van der Waals surface area contributed by atoms with Crippen LogP contribution in [-0.4, -0.2) is 27.6 Å². The zero-order valence-electron chi connectivity index (χ0n) is 16.1. The van der Waals surface area contributed by atoms with Gasteiger partial charge in [0.2, 0.25) is 5.88 Å². The molecule has 30 heavy (non-hydrogen) atoms. The Kier molecular flexibility index (Phi) is 5.33. The molecule has 0 saturated carbocycles. The van der Waals surface area contributed by atoms with Gasteiger partial charge in [0.1, 0.15) is 22.7 Å². The van der Waals surface area contributed by atoms with Gasteiger partial charge in [-0.3, -0.25) is 4.79 Å². The highest BCUT2D eigenvalue weighted by Gasteiger charge is 2.20. The minimum Gasteiger partial charge on any atom is -0.467 e. The third-order valence-corrected chi connectivity index (χ3v) is 4.58. The summed E-state index contributed by atoms with van der Waals surface area (Å²) in [6.07, 6.45) is 0. The van der Waals surface area contributed by atoms with E-state index in [0.29, 0.717) is 33.2 Å². The van der Waals surface area contributed by atoms with Crippen LogP contribution in [0.25, 0.3) is 22.4 Å². The van der Waals surface area contributed by atoms with Gasteiger partial charge in [-0.15, -0.1) is 0 Å². The van der Waals surface area contributed by atoms with E-state index in [1.165, 1.54) is 12.1 Å². The molecule has 0 fully saturated rings. The largest absolute Gasteiger partial charge is 0.467 e. The Hall–Kier alpha value is -3.52. The van der Waals surface area contributed by atoms with Gasteiger partial charge in [0, 0.05) is 5.56 Å². The van der Waals surface area contributed by atoms with Crippen LogP contribution in [-0.2, 0) is 4.79 Å². The van der Waals surface area contributed by atoms with Crippen LogP contribution in [0.1, 0.15) is 11.4 Å². The molecule has 1 amide bonds. The van der Waals surface area contributed by atoms with Crippen molar-refractivity contribution in [1.82, 2.24) is 15.1 Å². The Morgan fingerprint density at radius 1 is 1.17 bits per heavy atom. The van der Waals surface area contributed by atoms with Crippen LogP contribution < -0.4 is 10.1 Å². The lowest BCUT2D eigenvalue weighted by molar-refractivity contribution is -0.118. The fourth-order valence-corrected chi connectivity index (χ4v) is 3.16. The maximum atomic E-state index is 13.3. The number of fused-ring (bicyclic) bond motifs is 1. The summed E-state index contributed by atoms with van der Waals surface area (Å²) in [7, 11) is 0. The Bertz CT molecular complexity index is 1240. The number of benzene rings is 2. The summed E-state index contributed by atoms with van der Waals surface area (Å²) in [5.74, 6) is -0.254. The maximum absolute atomic E-state index is 13.3. The SMILES string of the molecule is Cc1ccc(NC(=O)COc2nc(C)nc3onc(-c4ccc(F)cc4)c23)c(Cl)c1. The van der Waals surface area contributed by atoms with Crippen molar-refractivity contribution in [3.63, 3.8) is 0 Å². The molecule has 9 heteroatoms. The lowest BCUT2D eigenvalue weighted by Gasteiger charge is -2.10. The summed E-state index contributed by atoms with van der Waals surface area (Å²) in [6.45, 7) is 3.25. The maximum Gasteiger partial charge on any atom is 0.265 e. The highest BCUT2D eigenvalue weighted by Crippen LogP contribution is 2.33. The summed E-state index contributed by atoms with van der Waals surface area (Å²) in [6, 6.07) is 11.0. The van der Waals surface area contributed by atoms with Crippen LogP contribution in [0.2, 0.25) is 5.02 Å². The molecule has 2 heterocycles. The third-order valence-electron chi connectivity index (χ3n) is 4.27. The number of amides is 1. The lowest BCUT2D eigenvalue weighted by atomic mass is 10.1. The molecular formula is C21H16ClFN4O3. The van der Waals surface area contributed by atoms with Crippen LogP contribution >= 0.6 is 11.6 Å². The van der Waals surface area contributed by atoms with Gasteiger partial charge in [-0.1, -0.05) is 22.8 Å². The van der Waals surface area contributed by atoms with E-state index in [-0.39, 0.29) is 24.0 Å². The zero-order valence-corrected chi connectivity index (χ0v) is 16.8. The molecule has 7 nitrogen and oxygen atoms in total. The zero-order chi connectivity index (χ0) is 21.3. The number of ether oxygens (including phenoxy) is 1. The molecule has 1 N–H and O–H groups in total. The van der Waals surface area contributed by atoms with E-state index in [2.05, 4.69) is 20.4 Å². The number of rotatable bonds is 5. The van der Waals surface area contributed by atoms with Crippen molar-refractivity contribution >= 4 is 34.3 Å². The molecule has 152 valence electrons. The molecule has 4 rings (SSSR count). The van der Waals surface area contributed by atoms with Crippen molar-refractivity contribution in [2.75, 3.05) is 11.9 Å². The summed E-state index contributed by atoms with van der Waals surface area (Å²) in [4.78, 5) is 20.8. The second-order valence-electron chi connectivity index (χ2n) is 6.61. The molecule has 0 radical (unpaired) electrons. The van der Waals surface area contributed by atoms with Crippen LogP contribution in [0, 0.1) is 19.7 Å². The number of anilines is 1. The van der Waals surface area contributed by atoms with Crippen LogP contribution in [0.3, 0.4) is 0 Å².